The molecular formula is C14H16N2O4. The first-order valence-electron chi connectivity index (χ1n) is 6.35. The predicted molar refractivity (Wildman–Crippen MR) is 70.7 cm³/mol. The quantitative estimate of drug-likeness (QED) is 0.797. The lowest BCUT2D eigenvalue weighted by molar-refractivity contribution is -0.137. The molecule has 1 fully saturated rings. The van der Waals surface area contributed by atoms with Crippen molar-refractivity contribution in [2.45, 2.75) is 25.4 Å². The molecule has 20 heavy (non-hydrogen) atoms. The summed E-state index contributed by atoms with van der Waals surface area (Å²) in [5, 5.41) is 8.85. The van der Waals surface area contributed by atoms with Crippen LogP contribution in [0.2, 0.25) is 0 Å². The fourth-order valence-electron chi connectivity index (χ4n) is 1.96. The Morgan fingerprint density at radius 2 is 2.25 bits per heavy atom. The summed E-state index contributed by atoms with van der Waals surface area (Å²) in [6, 6.07) is 3.32. The molecule has 6 nitrogen and oxygen atoms in total. The molecule has 0 spiro atoms. The van der Waals surface area contributed by atoms with Crippen molar-refractivity contribution in [1.29, 1.82) is 0 Å². The first-order valence-corrected chi connectivity index (χ1v) is 6.35. The van der Waals surface area contributed by atoms with E-state index in [9.17, 15) is 9.59 Å². The van der Waals surface area contributed by atoms with Gasteiger partial charge in [0.05, 0.1) is 19.4 Å². The fourth-order valence-corrected chi connectivity index (χ4v) is 1.96. The predicted octanol–water partition coefficient (Wildman–Crippen LogP) is 1.38. The van der Waals surface area contributed by atoms with Gasteiger partial charge in [-0.2, -0.15) is 0 Å². The van der Waals surface area contributed by atoms with Gasteiger partial charge < -0.3 is 19.3 Å². The summed E-state index contributed by atoms with van der Waals surface area (Å²) >= 11 is 0. The molecular weight excluding hydrogens is 260 g/mol. The highest BCUT2D eigenvalue weighted by Gasteiger charge is 2.35. The molecule has 0 aliphatic heterocycles. The lowest BCUT2D eigenvalue weighted by Gasteiger charge is -2.28. The highest BCUT2D eigenvalue weighted by molar-refractivity contribution is 5.80. The number of hydrogen-bond donors (Lipinski definition) is 1. The molecule has 1 aliphatic rings. The molecule has 2 amide bonds. The van der Waals surface area contributed by atoms with Gasteiger partial charge in [0.1, 0.15) is 12.3 Å². The van der Waals surface area contributed by atoms with Crippen LogP contribution in [-0.4, -0.2) is 46.0 Å². The van der Waals surface area contributed by atoms with Crippen molar-refractivity contribution in [3.05, 3.63) is 24.2 Å². The molecule has 0 atom stereocenters. The summed E-state index contributed by atoms with van der Waals surface area (Å²) in [6.45, 7) is -0.0892. The Labute approximate surface area is 117 Å². The third-order valence-corrected chi connectivity index (χ3v) is 3.02. The number of hydrogen-bond acceptors (Lipinski definition) is 3. The third-order valence-electron chi connectivity index (χ3n) is 3.02. The lowest BCUT2D eigenvalue weighted by Crippen LogP contribution is -2.46. The van der Waals surface area contributed by atoms with Crippen molar-refractivity contribution in [2.75, 3.05) is 13.1 Å². The number of carboxylic acids is 1. The van der Waals surface area contributed by atoms with Crippen LogP contribution >= 0.6 is 0 Å². The number of rotatable bonds is 6. The molecule has 6 heteroatoms. The molecule has 2 rings (SSSR count). The smallest absolute Gasteiger partial charge is 0.323 e. The molecule has 0 radical (unpaired) electrons. The first kappa shape index (κ1) is 14.0. The van der Waals surface area contributed by atoms with Gasteiger partial charge in [0.15, 0.2) is 0 Å². The number of furan rings is 1. The maximum absolute atomic E-state index is 12.4. The normalized spacial score (nSPS) is 13.6. The minimum Gasteiger partial charge on any atom is -0.480 e. The van der Waals surface area contributed by atoms with Crippen LogP contribution in [0.4, 0.5) is 4.79 Å². The molecule has 1 heterocycles. The average molecular weight is 276 g/mol. The molecule has 0 saturated heterocycles. The zero-order valence-corrected chi connectivity index (χ0v) is 11.0. The Hall–Kier alpha value is -2.42. The van der Waals surface area contributed by atoms with Crippen LogP contribution in [0.25, 0.3) is 0 Å². The van der Waals surface area contributed by atoms with E-state index in [4.69, 9.17) is 15.9 Å². The van der Waals surface area contributed by atoms with Crippen LogP contribution in [-0.2, 0) is 11.3 Å². The molecule has 0 aromatic carbocycles. The molecule has 1 N–H and O–H groups in total. The Kier molecular flexibility index (Phi) is 4.31. The second-order valence-electron chi connectivity index (χ2n) is 4.67. The van der Waals surface area contributed by atoms with Crippen LogP contribution in [0.15, 0.2) is 22.8 Å². The van der Waals surface area contributed by atoms with Crippen molar-refractivity contribution >= 4 is 12.0 Å². The summed E-state index contributed by atoms with van der Waals surface area (Å²) in [5.41, 5.74) is 0. The van der Waals surface area contributed by atoms with Gasteiger partial charge in [-0.1, -0.05) is 5.92 Å². The van der Waals surface area contributed by atoms with Crippen molar-refractivity contribution in [1.82, 2.24) is 9.80 Å². The van der Waals surface area contributed by atoms with Gasteiger partial charge >= 0.3 is 12.0 Å². The van der Waals surface area contributed by atoms with E-state index in [1.54, 1.807) is 23.3 Å². The van der Waals surface area contributed by atoms with E-state index >= 15 is 0 Å². The number of aliphatic carboxylic acids is 1. The topological polar surface area (TPSA) is 74.0 Å². The number of carbonyl (C=O) groups is 2. The summed E-state index contributed by atoms with van der Waals surface area (Å²) < 4.78 is 5.24. The number of terminal acetylenes is 1. The van der Waals surface area contributed by atoms with E-state index in [-0.39, 0.29) is 18.6 Å². The van der Waals surface area contributed by atoms with Crippen LogP contribution in [0.3, 0.4) is 0 Å². The summed E-state index contributed by atoms with van der Waals surface area (Å²) in [6.07, 6.45) is 8.58. The molecule has 1 saturated carbocycles. The molecule has 0 unspecified atom stereocenters. The van der Waals surface area contributed by atoms with Crippen LogP contribution in [0.5, 0.6) is 0 Å². The van der Waals surface area contributed by atoms with Crippen molar-refractivity contribution in [3.63, 3.8) is 0 Å². The largest absolute Gasteiger partial charge is 0.480 e. The molecule has 1 aromatic heterocycles. The van der Waals surface area contributed by atoms with Crippen molar-refractivity contribution < 1.29 is 19.1 Å². The van der Waals surface area contributed by atoms with Gasteiger partial charge in [0, 0.05) is 6.04 Å². The van der Waals surface area contributed by atoms with E-state index in [1.807, 2.05) is 0 Å². The van der Waals surface area contributed by atoms with Gasteiger partial charge in [-0.25, -0.2) is 4.79 Å². The highest BCUT2D eigenvalue weighted by Crippen LogP contribution is 2.29. The zero-order valence-electron chi connectivity index (χ0n) is 11.0. The van der Waals surface area contributed by atoms with E-state index in [2.05, 4.69) is 5.92 Å². The Morgan fingerprint density at radius 1 is 1.50 bits per heavy atom. The Bertz CT molecular complexity index is 514. The maximum Gasteiger partial charge on any atom is 0.323 e. The summed E-state index contributed by atoms with van der Waals surface area (Å²) in [4.78, 5) is 26.0. The molecule has 0 bridgehead atoms. The summed E-state index contributed by atoms with van der Waals surface area (Å²) in [5.74, 6) is 1.91. The Morgan fingerprint density at radius 3 is 2.75 bits per heavy atom. The van der Waals surface area contributed by atoms with Gasteiger partial charge in [-0.3, -0.25) is 4.79 Å². The van der Waals surface area contributed by atoms with E-state index in [0.717, 1.165) is 17.7 Å². The number of amides is 2. The number of urea groups is 1. The number of carboxylic acid groups (broad SMARTS) is 1. The maximum atomic E-state index is 12.4. The van der Waals surface area contributed by atoms with Gasteiger partial charge in [0.2, 0.25) is 0 Å². The van der Waals surface area contributed by atoms with E-state index in [0.29, 0.717) is 12.3 Å². The summed E-state index contributed by atoms with van der Waals surface area (Å²) in [7, 11) is 0. The Balaban J connectivity index is 2.08. The highest BCUT2D eigenvalue weighted by atomic mass is 16.4. The number of carbonyl (C=O) groups excluding carboxylic acids is 1. The van der Waals surface area contributed by atoms with Crippen LogP contribution in [0.1, 0.15) is 18.6 Å². The molecule has 106 valence electrons. The monoisotopic (exact) mass is 276 g/mol. The van der Waals surface area contributed by atoms with Crippen LogP contribution < -0.4 is 0 Å². The van der Waals surface area contributed by atoms with E-state index < -0.39 is 12.5 Å². The minimum absolute atomic E-state index is 0.0213. The van der Waals surface area contributed by atoms with Crippen LogP contribution in [0, 0.1) is 12.3 Å². The molecule has 1 aromatic rings. The fraction of sp³-hybridized carbons (Fsp3) is 0.429. The lowest BCUT2D eigenvalue weighted by atomic mass is 10.3. The van der Waals surface area contributed by atoms with Gasteiger partial charge in [-0.15, -0.1) is 6.42 Å². The number of nitrogens with zero attached hydrogens (tertiary/aromatic N) is 2. The zero-order chi connectivity index (χ0) is 14.5. The second kappa shape index (κ2) is 6.15. The van der Waals surface area contributed by atoms with Gasteiger partial charge in [-0.05, 0) is 25.0 Å². The van der Waals surface area contributed by atoms with Crippen molar-refractivity contribution in [2.24, 2.45) is 0 Å². The first-order chi connectivity index (χ1) is 9.61. The third kappa shape index (κ3) is 3.54. The molecule has 1 aliphatic carbocycles. The average Bonchev–Trinajstić information content (AvgIpc) is 3.11. The van der Waals surface area contributed by atoms with Gasteiger partial charge in [0.25, 0.3) is 0 Å². The standard InChI is InChI=1S/C14H16N2O4/c1-2-7-15(10-13(17)18)14(19)16(11-5-6-11)9-12-4-3-8-20-12/h1,3-4,8,11H,5-7,9-10H2,(H,17,18). The SMILES string of the molecule is C#CCN(CC(=O)O)C(=O)N(Cc1ccco1)C1CC1. The second-order valence-corrected chi connectivity index (χ2v) is 4.67. The minimum atomic E-state index is -1.08. The van der Waals surface area contributed by atoms with E-state index in [1.165, 1.54) is 0 Å². The van der Waals surface area contributed by atoms with Crippen molar-refractivity contribution in [3.8, 4) is 12.3 Å².